The van der Waals surface area contributed by atoms with Crippen molar-refractivity contribution < 1.29 is 4.74 Å². The highest BCUT2D eigenvalue weighted by atomic mass is 35.5. The van der Waals surface area contributed by atoms with Gasteiger partial charge in [-0.15, -0.1) is 5.10 Å². The first-order chi connectivity index (χ1) is 9.08. The van der Waals surface area contributed by atoms with Gasteiger partial charge >= 0.3 is 0 Å². The average Bonchev–Trinajstić information content (AvgIpc) is 3.13. The van der Waals surface area contributed by atoms with Gasteiger partial charge in [-0.1, -0.05) is 36.7 Å². The van der Waals surface area contributed by atoms with Crippen molar-refractivity contribution in [3.05, 3.63) is 51.3 Å². The van der Waals surface area contributed by atoms with E-state index < -0.39 is 0 Å². The molecular weight excluding hydrogens is 264 g/mol. The maximum absolute atomic E-state index is 11.7. The summed E-state index contributed by atoms with van der Waals surface area (Å²) in [5, 5.41) is 6.54. The lowest BCUT2D eigenvalue weighted by atomic mass is 9.97. The molecular formula is C14H13ClN2O2. The first-order valence-electron chi connectivity index (χ1n) is 6.11. The van der Waals surface area contributed by atoms with Gasteiger partial charge in [-0.2, -0.15) is 0 Å². The first kappa shape index (κ1) is 12.2. The van der Waals surface area contributed by atoms with E-state index in [4.69, 9.17) is 16.3 Å². The number of para-hydroxylation sites is 1. The Kier molecular flexibility index (Phi) is 2.82. The number of H-pyrrole nitrogens is 1. The summed E-state index contributed by atoms with van der Waals surface area (Å²) in [7, 11) is 0. The predicted molar refractivity (Wildman–Crippen MR) is 73.0 cm³/mol. The van der Waals surface area contributed by atoms with Crippen molar-refractivity contribution >= 4 is 11.6 Å². The number of hydrogen-bond acceptors (Lipinski definition) is 3. The zero-order valence-electron chi connectivity index (χ0n) is 10.4. The zero-order valence-corrected chi connectivity index (χ0v) is 11.2. The number of rotatable bonds is 3. The van der Waals surface area contributed by atoms with E-state index in [2.05, 4.69) is 17.1 Å². The van der Waals surface area contributed by atoms with E-state index >= 15 is 0 Å². The molecule has 0 atom stereocenters. The van der Waals surface area contributed by atoms with E-state index in [-0.39, 0.29) is 21.9 Å². The normalized spacial score (nSPS) is 16.1. The van der Waals surface area contributed by atoms with Crippen molar-refractivity contribution in [3.8, 4) is 11.6 Å². The summed E-state index contributed by atoms with van der Waals surface area (Å²) in [5.41, 5.74) is 0.945. The number of aromatic nitrogens is 2. The number of nitrogens with zero attached hydrogens (tertiary/aromatic N) is 1. The first-order valence-corrected chi connectivity index (χ1v) is 6.49. The second-order valence-electron chi connectivity index (χ2n) is 5.04. The van der Waals surface area contributed by atoms with Gasteiger partial charge in [-0.3, -0.25) is 9.89 Å². The van der Waals surface area contributed by atoms with Gasteiger partial charge in [0.15, 0.2) is 0 Å². The number of nitrogens with one attached hydrogen (secondary N) is 1. The van der Waals surface area contributed by atoms with E-state index in [0.29, 0.717) is 5.75 Å². The monoisotopic (exact) mass is 276 g/mol. The molecule has 0 amide bonds. The van der Waals surface area contributed by atoms with Crippen molar-refractivity contribution in [3.63, 3.8) is 0 Å². The van der Waals surface area contributed by atoms with Crippen LogP contribution in [0.2, 0.25) is 5.15 Å². The molecule has 3 rings (SSSR count). The van der Waals surface area contributed by atoms with Gasteiger partial charge < -0.3 is 4.74 Å². The summed E-state index contributed by atoms with van der Waals surface area (Å²) in [6.07, 6.45) is 2.27. The van der Waals surface area contributed by atoms with Crippen molar-refractivity contribution in [1.29, 1.82) is 0 Å². The molecule has 1 fully saturated rings. The molecule has 0 aliphatic heterocycles. The molecule has 5 heteroatoms. The van der Waals surface area contributed by atoms with Gasteiger partial charge in [0.2, 0.25) is 5.43 Å². The molecule has 19 heavy (non-hydrogen) atoms. The van der Waals surface area contributed by atoms with Crippen LogP contribution in [0.15, 0.2) is 35.1 Å². The third-order valence-electron chi connectivity index (χ3n) is 3.48. The van der Waals surface area contributed by atoms with Crippen LogP contribution < -0.4 is 10.2 Å². The van der Waals surface area contributed by atoms with E-state index in [0.717, 1.165) is 18.4 Å². The fourth-order valence-corrected chi connectivity index (χ4v) is 2.20. The molecule has 0 spiro atoms. The SMILES string of the molecule is CC1(c2ccccc2Oc2n[nH]c(Cl)cc2=O)CC1. The molecule has 1 N–H and O–H groups in total. The second-order valence-corrected chi connectivity index (χ2v) is 5.45. The summed E-state index contributed by atoms with van der Waals surface area (Å²) in [6, 6.07) is 9.01. The van der Waals surface area contributed by atoms with Crippen LogP contribution in [0.25, 0.3) is 0 Å². The number of benzene rings is 1. The highest BCUT2D eigenvalue weighted by Crippen LogP contribution is 2.51. The summed E-state index contributed by atoms with van der Waals surface area (Å²) in [4.78, 5) is 11.7. The lowest BCUT2D eigenvalue weighted by Gasteiger charge is -2.14. The lowest BCUT2D eigenvalue weighted by molar-refractivity contribution is 0.440. The minimum absolute atomic E-state index is 0.0149. The molecule has 1 heterocycles. The van der Waals surface area contributed by atoms with E-state index in [9.17, 15) is 4.79 Å². The van der Waals surface area contributed by atoms with Crippen LogP contribution >= 0.6 is 11.6 Å². The molecule has 0 unspecified atom stereocenters. The number of hydrogen-bond donors (Lipinski definition) is 1. The minimum Gasteiger partial charge on any atom is -0.434 e. The van der Waals surface area contributed by atoms with Crippen LogP contribution in [0.3, 0.4) is 0 Å². The van der Waals surface area contributed by atoms with Crippen molar-refractivity contribution in [2.75, 3.05) is 0 Å². The number of aromatic amines is 1. The third-order valence-corrected chi connectivity index (χ3v) is 3.67. The number of ether oxygens (including phenoxy) is 1. The third kappa shape index (κ3) is 2.36. The van der Waals surface area contributed by atoms with Crippen LogP contribution in [0, 0.1) is 0 Å². The summed E-state index contributed by atoms with van der Waals surface area (Å²) < 4.78 is 5.65. The predicted octanol–water partition coefficient (Wildman–Crippen LogP) is 3.27. The molecule has 4 nitrogen and oxygen atoms in total. The maximum Gasteiger partial charge on any atom is 0.285 e. The standard InChI is InChI=1S/C14H13ClN2O2/c1-14(6-7-14)9-4-2-3-5-11(9)19-13-10(18)8-12(15)16-17-13/h2-5,8H,6-7H2,1H3,(H,16,18). The van der Waals surface area contributed by atoms with Gasteiger partial charge in [0, 0.05) is 11.6 Å². The summed E-state index contributed by atoms with van der Waals surface area (Å²) >= 11 is 5.66. The molecule has 0 radical (unpaired) electrons. The quantitative estimate of drug-likeness (QED) is 0.936. The highest BCUT2D eigenvalue weighted by Gasteiger charge is 2.41. The highest BCUT2D eigenvalue weighted by molar-refractivity contribution is 6.29. The van der Waals surface area contributed by atoms with Gasteiger partial charge in [0.05, 0.1) is 0 Å². The Balaban J connectivity index is 1.98. The molecule has 1 saturated carbocycles. The smallest absolute Gasteiger partial charge is 0.285 e. The van der Waals surface area contributed by atoms with E-state index in [1.54, 1.807) is 0 Å². The summed E-state index contributed by atoms with van der Waals surface area (Å²) in [6.45, 7) is 2.19. The fourth-order valence-electron chi connectivity index (χ4n) is 2.06. The van der Waals surface area contributed by atoms with Gasteiger partial charge in [-0.25, -0.2) is 0 Å². The second kappa shape index (κ2) is 4.38. The Labute approximate surface area is 115 Å². The van der Waals surface area contributed by atoms with Crippen LogP contribution in [0.5, 0.6) is 11.6 Å². The average molecular weight is 277 g/mol. The Hall–Kier alpha value is -1.81. The van der Waals surface area contributed by atoms with E-state index in [1.165, 1.54) is 6.07 Å². The fraction of sp³-hybridized carbons (Fsp3) is 0.286. The molecule has 1 aliphatic rings. The molecule has 0 saturated heterocycles. The molecule has 1 aromatic carbocycles. The maximum atomic E-state index is 11.7. The van der Waals surface area contributed by atoms with Gasteiger partial charge in [0.1, 0.15) is 10.9 Å². The van der Waals surface area contributed by atoms with Crippen molar-refractivity contribution in [2.24, 2.45) is 0 Å². The topological polar surface area (TPSA) is 55.0 Å². The van der Waals surface area contributed by atoms with Crippen molar-refractivity contribution in [1.82, 2.24) is 10.2 Å². The van der Waals surface area contributed by atoms with Gasteiger partial charge in [0.25, 0.3) is 5.88 Å². The molecule has 98 valence electrons. The van der Waals surface area contributed by atoms with Gasteiger partial charge in [-0.05, 0) is 24.3 Å². The number of halogens is 1. The Morgan fingerprint density at radius 2 is 2.11 bits per heavy atom. The van der Waals surface area contributed by atoms with Crippen molar-refractivity contribution in [2.45, 2.75) is 25.2 Å². The zero-order chi connectivity index (χ0) is 13.5. The molecule has 1 aromatic heterocycles. The molecule has 2 aromatic rings. The Bertz CT molecular complexity index is 677. The Morgan fingerprint density at radius 1 is 1.37 bits per heavy atom. The van der Waals surface area contributed by atoms with Crippen LogP contribution in [-0.2, 0) is 5.41 Å². The summed E-state index contributed by atoms with van der Waals surface area (Å²) in [5.74, 6) is 0.698. The van der Waals surface area contributed by atoms with Crippen LogP contribution in [0.1, 0.15) is 25.3 Å². The van der Waals surface area contributed by atoms with Crippen LogP contribution in [-0.4, -0.2) is 10.2 Å². The van der Waals surface area contributed by atoms with E-state index in [1.807, 2.05) is 24.3 Å². The molecule has 1 aliphatic carbocycles. The molecule has 0 bridgehead atoms. The largest absolute Gasteiger partial charge is 0.434 e. The minimum atomic E-state index is -0.334. The van der Waals surface area contributed by atoms with Crippen LogP contribution in [0.4, 0.5) is 0 Å². The lowest BCUT2D eigenvalue weighted by Crippen LogP contribution is -2.10. The Morgan fingerprint density at radius 3 is 2.79 bits per heavy atom.